The van der Waals surface area contributed by atoms with Gasteiger partial charge in [0.2, 0.25) is 0 Å². The first-order chi connectivity index (χ1) is 30.5. The molecule has 8 nitrogen and oxygen atoms in total. The normalized spacial score (nSPS) is 23.1. The number of rotatable bonds is 16. The van der Waals surface area contributed by atoms with Gasteiger partial charge in [0, 0.05) is 29.4 Å². The van der Waals surface area contributed by atoms with E-state index in [9.17, 15) is 24.8 Å². The van der Waals surface area contributed by atoms with Crippen LogP contribution in [0.2, 0.25) is 0 Å². The molecule has 6 aliphatic rings. The summed E-state index contributed by atoms with van der Waals surface area (Å²) in [6, 6.07) is 18.9. The highest BCUT2D eigenvalue weighted by Crippen LogP contribution is 2.68. The number of unbranched alkanes of at least 4 members (excludes halogenated alkanes) is 4. The second kappa shape index (κ2) is 20.0. The summed E-state index contributed by atoms with van der Waals surface area (Å²) >= 11 is 2.43. The molecule has 2 bridgehead atoms. The maximum Gasteiger partial charge on any atom is 0.350 e. The van der Waals surface area contributed by atoms with Gasteiger partial charge in [-0.05, 0) is 99.3 Å². The van der Waals surface area contributed by atoms with E-state index in [0.717, 1.165) is 84.7 Å². The number of hydrogen-bond donors (Lipinski definition) is 1. The van der Waals surface area contributed by atoms with Gasteiger partial charge in [-0.3, -0.25) is 9.59 Å². The van der Waals surface area contributed by atoms with Crippen molar-refractivity contribution in [1.82, 2.24) is 0 Å². The molecule has 0 amide bonds. The summed E-state index contributed by atoms with van der Waals surface area (Å²) in [7, 11) is 0. The third-order valence-corrected chi connectivity index (χ3v) is 16.9. The van der Waals surface area contributed by atoms with Crippen molar-refractivity contribution in [3.63, 3.8) is 0 Å². The fourth-order valence-corrected chi connectivity index (χ4v) is 13.4. The standard InChI is InChI=1S/C53H63NO7S2/c1-5-7-9-15-32-21-25-34(26-22-32)49(55)60-45-43-41-36-17-11-13-19-38(36)42(39-20-14-12-18-37(39)41)44(43)46(61-50(56)35-27-23-33(24-28-35)16-10-8-6-2)48-47(45)62-52(63-48)40(31-54)51(57)59-30-29-53(3,4)58/h11-14,17-20,32-35,41-42,58H,5-10,15-16,21-30H2,1-4H3. The Labute approximate surface area is 382 Å². The second-order valence-electron chi connectivity index (χ2n) is 19.2. The van der Waals surface area contributed by atoms with Gasteiger partial charge in [0.25, 0.3) is 0 Å². The van der Waals surface area contributed by atoms with Gasteiger partial charge in [-0.15, -0.1) is 0 Å². The van der Waals surface area contributed by atoms with Crippen LogP contribution in [-0.2, 0) is 19.1 Å². The first-order valence-electron chi connectivity index (χ1n) is 23.7. The molecule has 10 heteroatoms. The average molecular weight is 890 g/mol. The quantitative estimate of drug-likeness (QED) is 0.0337. The van der Waals surface area contributed by atoms with Crippen LogP contribution < -0.4 is 9.47 Å². The predicted octanol–water partition coefficient (Wildman–Crippen LogP) is 12.9. The van der Waals surface area contributed by atoms with Gasteiger partial charge in [-0.1, -0.05) is 137 Å². The summed E-state index contributed by atoms with van der Waals surface area (Å²) in [5.74, 6) is -0.313. The number of thioether (sulfide) groups is 2. The molecule has 1 heterocycles. The third-order valence-electron chi connectivity index (χ3n) is 14.3. The summed E-state index contributed by atoms with van der Waals surface area (Å²) in [4.78, 5) is 44.0. The van der Waals surface area contributed by atoms with Gasteiger partial charge in [0.05, 0.1) is 38.1 Å². The molecule has 0 atom stereocenters. The predicted molar refractivity (Wildman–Crippen MR) is 248 cm³/mol. The lowest BCUT2D eigenvalue weighted by Crippen LogP contribution is -2.32. The topological polar surface area (TPSA) is 123 Å². The van der Waals surface area contributed by atoms with Crippen molar-refractivity contribution in [1.29, 1.82) is 5.26 Å². The Balaban J connectivity index is 1.22. The summed E-state index contributed by atoms with van der Waals surface area (Å²) in [6.45, 7) is 7.67. The van der Waals surface area contributed by atoms with Crippen molar-refractivity contribution < 1.29 is 33.7 Å². The fourth-order valence-electron chi connectivity index (χ4n) is 10.7. The molecule has 1 aliphatic heterocycles. The van der Waals surface area contributed by atoms with E-state index in [0.29, 0.717) is 37.4 Å². The van der Waals surface area contributed by atoms with Gasteiger partial charge < -0.3 is 19.3 Å². The average Bonchev–Trinajstić information content (AvgIpc) is 3.72. The first-order valence-corrected chi connectivity index (χ1v) is 25.4. The highest BCUT2D eigenvalue weighted by molar-refractivity contribution is 8.24. The molecular formula is C53H63NO7S2. The maximum absolute atomic E-state index is 14.6. The number of nitriles is 1. The zero-order valence-corrected chi connectivity index (χ0v) is 39.1. The minimum absolute atomic E-state index is 0.0648. The number of benzene rings is 3. The van der Waals surface area contributed by atoms with E-state index in [2.05, 4.69) is 44.2 Å². The number of ether oxygens (including phenoxy) is 3. The number of fused-ring (bicyclic) bond motifs is 1. The van der Waals surface area contributed by atoms with E-state index in [-0.39, 0.29) is 54.2 Å². The molecule has 334 valence electrons. The largest absolute Gasteiger partial charge is 0.461 e. The van der Waals surface area contributed by atoms with Crippen molar-refractivity contribution in [2.24, 2.45) is 23.7 Å². The van der Waals surface area contributed by atoms with Gasteiger partial charge >= 0.3 is 17.9 Å². The van der Waals surface area contributed by atoms with Crippen LogP contribution in [0.1, 0.15) is 182 Å². The Morgan fingerprint density at radius 2 is 1.10 bits per heavy atom. The first kappa shape index (κ1) is 45.5. The highest BCUT2D eigenvalue weighted by Gasteiger charge is 2.49. The van der Waals surface area contributed by atoms with Gasteiger partial charge in [-0.25, -0.2) is 4.79 Å². The van der Waals surface area contributed by atoms with Crippen molar-refractivity contribution >= 4 is 41.4 Å². The molecule has 0 aromatic heterocycles. The Morgan fingerprint density at radius 3 is 1.46 bits per heavy atom. The number of carbonyl (C=O) groups excluding carboxylic acids is 3. The fraction of sp³-hybridized carbons (Fsp3) is 0.547. The van der Waals surface area contributed by atoms with Crippen LogP contribution in [0.15, 0.2) is 68.1 Å². The molecule has 2 fully saturated rings. The maximum atomic E-state index is 14.6. The minimum atomic E-state index is -1.05. The SMILES string of the molecule is CCCCCC1CCC(C(=O)Oc2c3c(c(OC(=O)C4CCC(CCCCC)CC4)c4c2C2c5ccccc5C4c4ccccc42)SC(=C(C#N)C(=O)OCCC(C)(C)O)S3)CC1. The summed E-state index contributed by atoms with van der Waals surface area (Å²) in [5.41, 5.74) is 4.89. The zero-order valence-electron chi connectivity index (χ0n) is 37.5. The van der Waals surface area contributed by atoms with Crippen LogP contribution in [0.25, 0.3) is 0 Å². The molecule has 5 aliphatic carbocycles. The van der Waals surface area contributed by atoms with E-state index in [1.54, 1.807) is 13.8 Å². The molecule has 3 aromatic carbocycles. The summed E-state index contributed by atoms with van der Waals surface area (Å²) < 4.78 is 19.5. The highest BCUT2D eigenvalue weighted by atomic mass is 32.2. The minimum Gasteiger partial charge on any atom is -0.461 e. The van der Waals surface area contributed by atoms with Crippen molar-refractivity contribution in [3.8, 4) is 17.6 Å². The van der Waals surface area contributed by atoms with Gasteiger partial charge in [-0.2, -0.15) is 5.26 Å². The number of aliphatic hydroxyl groups is 1. The van der Waals surface area contributed by atoms with Crippen LogP contribution in [-0.4, -0.2) is 35.2 Å². The van der Waals surface area contributed by atoms with E-state index in [1.807, 2.05) is 24.3 Å². The van der Waals surface area contributed by atoms with Gasteiger partial charge in [0.15, 0.2) is 17.1 Å². The molecule has 63 heavy (non-hydrogen) atoms. The van der Waals surface area contributed by atoms with Crippen LogP contribution >= 0.6 is 23.5 Å². The third kappa shape index (κ3) is 9.68. The van der Waals surface area contributed by atoms with Crippen LogP contribution in [0.3, 0.4) is 0 Å². The van der Waals surface area contributed by atoms with Crippen molar-refractivity contribution in [2.45, 2.75) is 164 Å². The Hall–Kier alpha value is -4.04. The summed E-state index contributed by atoms with van der Waals surface area (Å²) in [6.07, 6.45) is 17.0. The zero-order chi connectivity index (χ0) is 44.3. The Bertz CT molecular complexity index is 2090. The molecule has 1 N–H and O–H groups in total. The Morgan fingerprint density at radius 1 is 0.683 bits per heavy atom. The smallest absolute Gasteiger partial charge is 0.350 e. The molecule has 0 saturated heterocycles. The van der Waals surface area contributed by atoms with Crippen LogP contribution in [0, 0.1) is 35.0 Å². The van der Waals surface area contributed by atoms with E-state index in [4.69, 9.17) is 14.2 Å². The van der Waals surface area contributed by atoms with E-state index in [1.165, 1.54) is 74.9 Å². The Kier molecular flexibility index (Phi) is 14.5. The number of nitrogens with zero attached hydrogens (tertiary/aromatic N) is 1. The van der Waals surface area contributed by atoms with Gasteiger partial charge in [0.1, 0.15) is 6.07 Å². The number of hydrogen-bond acceptors (Lipinski definition) is 10. The molecule has 0 radical (unpaired) electrons. The molecule has 0 spiro atoms. The number of esters is 3. The molecule has 3 aromatic rings. The number of carbonyl (C=O) groups is 3. The molecular weight excluding hydrogens is 827 g/mol. The van der Waals surface area contributed by atoms with Crippen LogP contribution in [0.4, 0.5) is 0 Å². The lowest BCUT2D eigenvalue weighted by molar-refractivity contribution is -0.141. The lowest BCUT2D eigenvalue weighted by Gasteiger charge is -2.44. The van der Waals surface area contributed by atoms with E-state index >= 15 is 0 Å². The molecule has 9 rings (SSSR count). The lowest BCUT2D eigenvalue weighted by atomic mass is 9.60. The molecule has 0 unspecified atom stereocenters. The second-order valence-corrected chi connectivity index (χ2v) is 21.5. The monoisotopic (exact) mass is 889 g/mol. The van der Waals surface area contributed by atoms with Crippen molar-refractivity contribution in [2.75, 3.05) is 6.61 Å². The van der Waals surface area contributed by atoms with Crippen LogP contribution in [0.5, 0.6) is 11.5 Å². The summed E-state index contributed by atoms with van der Waals surface area (Å²) in [5, 5.41) is 20.8. The van der Waals surface area contributed by atoms with E-state index < -0.39 is 11.6 Å². The van der Waals surface area contributed by atoms with Crippen molar-refractivity contribution in [3.05, 3.63) is 91.7 Å². The molecule has 2 saturated carbocycles.